The van der Waals surface area contributed by atoms with Crippen molar-refractivity contribution in [3.63, 3.8) is 0 Å². The van der Waals surface area contributed by atoms with E-state index in [1.807, 2.05) is 13.8 Å². The van der Waals surface area contributed by atoms with E-state index < -0.39 is 6.16 Å². The van der Waals surface area contributed by atoms with Crippen LogP contribution in [0, 0.1) is 5.41 Å². The minimum Gasteiger partial charge on any atom is -0.463 e. The molecule has 1 heterocycles. The number of rotatable bonds is 11. The highest BCUT2D eigenvalue weighted by molar-refractivity contribution is 8.77. The Morgan fingerprint density at radius 1 is 1.04 bits per heavy atom. The first-order chi connectivity index (χ1) is 11.5. The van der Waals surface area contributed by atoms with Gasteiger partial charge in [0, 0.05) is 30.5 Å². The summed E-state index contributed by atoms with van der Waals surface area (Å²) in [5.41, 5.74) is -0.111. The maximum atomic E-state index is 11.6. The zero-order valence-corrected chi connectivity index (χ0v) is 16.3. The molecule has 1 saturated heterocycles. The van der Waals surface area contributed by atoms with Gasteiger partial charge >= 0.3 is 12.1 Å². The Balaban J connectivity index is 2.04. The second kappa shape index (κ2) is 11.9. The van der Waals surface area contributed by atoms with Crippen molar-refractivity contribution in [3.05, 3.63) is 0 Å². The van der Waals surface area contributed by atoms with Crippen LogP contribution in [-0.2, 0) is 23.7 Å². The molecular formula is C16H28O6S2. The molecule has 0 N–H and O–H groups in total. The van der Waals surface area contributed by atoms with Crippen LogP contribution >= 0.6 is 21.6 Å². The first-order valence-corrected chi connectivity index (χ1v) is 10.7. The van der Waals surface area contributed by atoms with E-state index in [0.717, 1.165) is 24.3 Å². The average molecular weight is 381 g/mol. The van der Waals surface area contributed by atoms with Crippen molar-refractivity contribution in [1.29, 1.82) is 0 Å². The van der Waals surface area contributed by atoms with E-state index in [2.05, 4.69) is 0 Å². The van der Waals surface area contributed by atoms with Crippen molar-refractivity contribution in [2.45, 2.75) is 45.6 Å². The Hall–Kier alpha value is -0.600. The summed E-state index contributed by atoms with van der Waals surface area (Å²) in [6.07, 6.45) is 1.94. The fourth-order valence-electron chi connectivity index (χ4n) is 2.17. The van der Waals surface area contributed by atoms with Crippen LogP contribution in [0.2, 0.25) is 0 Å². The first-order valence-electron chi connectivity index (χ1n) is 8.20. The Morgan fingerprint density at radius 3 is 2.38 bits per heavy atom. The second-order valence-electron chi connectivity index (χ2n) is 6.19. The van der Waals surface area contributed by atoms with Gasteiger partial charge in [0.1, 0.15) is 6.61 Å². The topological polar surface area (TPSA) is 71.1 Å². The molecule has 0 atom stereocenters. The number of hydrogen-bond acceptors (Lipinski definition) is 8. The van der Waals surface area contributed by atoms with Crippen molar-refractivity contribution in [2.24, 2.45) is 5.41 Å². The molecule has 1 fully saturated rings. The van der Waals surface area contributed by atoms with E-state index in [4.69, 9.17) is 18.9 Å². The molecule has 0 aromatic rings. The SMILES string of the molecule is COCC1(COC(=O)OCCCCCC(=O)OC(C)C)CSSC1. The van der Waals surface area contributed by atoms with Gasteiger partial charge in [-0.3, -0.25) is 4.79 Å². The zero-order valence-electron chi connectivity index (χ0n) is 14.7. The van der Waals surface area contributed by atoms with Crippen molar-refractivity contribution in [3.8, 4) is 0 Å². The monoisotopic (exact) mass is 380 g/mol. The lowest BCUT2D eigenvalue weighted by Gasteiger charge is -2.25. The van der Waals surface area contributed by atoms with Crippen molar-refractivity contribution >= 4 is 33.7 Å². The lowest BCUT2D eigenvalue weighted by molar-refractivity contribution is -0.147. The number of ether oxygens (including phenoxy) is 4. The molecule has 0 radical (unpaired) electrons. The molecule has 0 saturated carbocycles. The third kappa shape index (κ3) is 9.03. The largest absolute Gasteiger partial charge is 0.508 e. The summed E-state index contributed by atoms with van der Waals surface area (Å²) in [7, 11) is 5.20. The van der Waals surface area contributed by atoms with Gasteiger partial charge in [0.2, 0.25) is 0 Å². The summed E-state index contributed by atoms with van der Waals surface area (Å²) >= 11 is 0. The van der Waals surface area contributed by atoms with E-state index in [1.54, 1.807) is 28.7 Å². The summed E-state index contributed by atoms with van der Waals surface area (Å²) in [6, 6.07) is 0. The molecule has 8 heteroatoms. The number of unbranched alkanes of at least 4 members (excludes halogenated alkanes) is 2. The lowest BCUT2D eigenvalue weighted by Crippen LogP contribution is -2.35. The highest BCUT2D eigenvalue weighted by Crippen LogP contribution is 2.43. The molecule has 1 rings (SSSR count). The summed E-state index contributed by atoms with van der Waals surface area (Å²) in [5, 5.41) is 0. The Bertz CT molecular complexity index is 383. The van der Waals surface area contributed by atoms with Crippen LogP contribution in [0.3, 0.4) is 0 Å². The Labute approximate surface area is 152 Å². The highest BCUT2D eigenvalue weighted by atomic mass is 33.1. The van der Waals surface area contributed by atoms with Gasteiger partial charge in [-0.15, -0.1) is 0 Å². The van der Waals surface area contributed by atoms with Crippen molar-refractivity contribution in [1.82, 2.24) is 0 Å². The molecule has 0 bridgehead atoms. The Kier molecular flexibility index (Phi) is 10.6. The normalized spacial score (nSPS) is 16.2. The molecule has 24 heavy (non-hydrogen) atoms. The molecule has 0 aromatic carbocycles. The third-order valence-corrected chi connectivity index (χ3v) is 6.21. The average Bonchev–Trinajstić information content (AvgIpc) is 2.97. The molecule has 0 aliphatic carbocycles. The van der Waals surface area contributed by atoms with Crippen LogP contribution in [-0.4, -0.2) is 56.7 Å². The lowest BCUT2D eigenvalue weighted by atomic mass is 9.95. The molecule has 0 amide bonds. The summed E-state index contributed by atoms with van der Waals surface area (Å²) in [5.74, 6) is 1.64. The fourth-order valence-corrected chi connectivity index (χ4v) is 5.50. The molecule has 0 spiro atoms. The van der Waals surface area contributed by atoms with E-state index in [9.17, 15) is 9.59 Å². The van der Waals surface area contributed by atoms with Gasteiger partial charge in [0.15, 0.2) is 0 Å². The number of methoxy groups -OCH3 is 1. The molecule has 0 unspecified atom stereocenters. The van der Waals surface area contributed by atoms with Gasteiger partial charge in [-0.2, -0.15) is 0 Å². The summed E-state index contributed by atoms with van der Waals surface area (Å²) in [4.78, 5) is 23.0. The number of carbonyl (C=O) groups is 2. The van der Waals surface area contributed by atoms with Crippen molar-refractivity contribution < 1.29 is 28.5 Å². The fraction of sp³-hybridized carbons (Fsp3) is 0.875. The minimum absolute atomic E-state index is 0.0753. The van der Waals surface area contributed by atoms with Crippen LogP contribution in [0.25, 0.3) is 0 Å². The predicted octanol–water partition coefficient (Wildman–Crippen LogP) is 3.68. The van der Waals surface area contributed by atoms with Gasteiger partial charge in [0.05, 0.1) is 19.3 Å². The molecular weight excluding hydrogens is 352 g/mol. The molecule has 6 nitrogen and oxygen atoms in total. The van der Waals surface area contributed by atoms with Gasteiger partial charge in [-0.25, -0.2) is 4.79 Å². The summed E-state index contributed by atoms with van der Waals surface area (Å²) in [6.45, 7) is 4.86. The van der Waals surface area contributed by atoms with E-state index >= 15 is 0 Å². The van der Waals surface area contributed by atoms with Gasteiger partial charge in [-0.1, -0.05) is 21.6 Å². The minimum atomic E-state index is -0.633. The van der Waals surface area contributed by atoms with Gasteiger partial charge in [0.25, 0.3) is 0 Å². The summed E-state index contributed by atoms with van der Waals surface area (Å²) < 4.78 is 20.6. The van der Waals surface area contributed by atoms with Crippen LogP contribution in [0.15, 0.2) is 0 Å². The maximum Gasteiger partial charge on any atom is 0.508 e. The number of carbonyl (C=O) groups excluding carboxylic acids is 2. The van der Waals surface area contributed by atoms with Crippen LogP contribution in [0.1, 0.15) is 39.5 Å². The van der Waals surface area contributed by atoms with E-state index in [0.29, 0.717) is 32.7 Å². The highest BCUT2D eigenvalue weighted by Gasteiger charge is 2.37. The Morgan fingerprint density at radius 2 is 1.75 bits per heavy atom. The van der Waals surface area contributed by atoms with Crippen molar-refractivity contribution in [2.75, 3.05) is 38.4 Å². The standard InChI is InChI=1S/C16H28O6S2/c1-13(2)22-14(17)7-5-4-6-8-20-15(18)21-10-16(9-19-3)11-23-24-12-16/h13H,4-12H2,1-3H3. The van der Waals surface area contributed by atoms with E-state index in [-0.39, 0.29) is 17.5 Å². The molecule has 1 aliphatic rings. The molecule has 0 aromatic heterocycles. The third-order valence-electron chi connectivity index (χ3n) is 3.37. The van der Waals surface area contributed by atoms with Crippen LogP contribution in [0.4, 0.5) is 4.79 Å². The van der Waals surface area contributed by atoms with Crippen LogP contribution < -0.4 is 0 Å². The maximum absolute atomic E-state index is 11.6. The number of hydrogen-bond donors (Lipinski definition) is 0. The smallest absolute Gasteiger partial charge is 0.463 e. The van der Waals surface area contributed by atoms with E-state index in [1.165, 1.54) is 0 Å². The van der Waals surface area contributed by atoms with Crippen LogP contribution in [0.5, 0.6) is 0 Å². The predicted molar refractivity (Wildman–Crippen MR) is 96.2 cm³/mol. The second-order valence-corrected chi connectivity index (χ2v) is 8.66. The molecule has 140 valence electrons. The zero-order chi connectivity index (χ0) is 17.8. The molecule has 1 aliphatic heterocycles. The first kappa shape index (κ1) is 21.4. The van der Waals surface area contributed by atoms with Gasteiger partial charge in [-0.05, 0) is 33.1 Å². The quantitative estimate of drug-likeness (QED) is 0.305. The van der Waals surface area contributed by atoms with Gasteiger partial charge < -0.3 is 18.9 Å². The number of esters is 1.